The topological polar surface area (TPSA) is 338 Å². The van der Waals surface area contributed by atoms with E-state index in [1.165, 1.54) is 19.3 Å². The lowest BCUT2D eigenvalue weighted by atomic mass is 9.44. The fourth-order valence-electron chi connectivity index (χ4n) is 16.1. The van der Waals surface area contributed by atoms with Gasteiger partial charge in [0.1, 0.15) is 97.3 Å². The second kappa shape index (κ2) is 21.1. The van der Waals surface area contributed by atoms with E-state index in [1.54, 1.807) is 0 Å². The maximum atomic E-state index is 11.8. The van der Waals surface area contributed by atoms with Gasteiger partial charge in [-0.05, 0) is 111 Å². The number of aliphatic hydroxyl groups excluding tert-OH is 12. The van der Waals surface area contributed by atoms with Gasteiger partial charge in [0, 0.05) is 12.5 Å². The van der Waals surface area contributed by atoms with E-state index in [0.717, 1.165) is 45.1 Å². The van der Waals surface area contributed by atoms with Gasteiger partial charge < -0.3 is 104 Å². The fourth-order valence-corrected chi connectivity index (χ4v) is 16.1. The Morgan fingerprint density at radius 3 is 1.88 bits per heavy atom. The van der Waals surface area contributed by atoms with Crippen LogP contribution in [0, 0.1) is 52.3 Å². The normalized spacial score (nSPS) is 57.8. The maximum absolute atomic E-state index is 11.8. The molecular weight excluding hydrogens is 951 g/mol. The van der Waals surface area contributed by atoms with Gasteiger partial charge in [-0.25, -0.2) is 0 Å². The van der Waals surface area contributed by atoms with Crippen LogP contribution in [0.25, 0.3) is 0 Å². The van der Waals surface area contributed by atoms with Gasteiger partial charge in [0.2, 0.25) is 0 Å². The van der Waals surface area contributed by atoms with Crippen molar-refractivity contribution in [1.29, 1.82) is 0 Å². The lowest BCUT2D eigenvalue weighted by Gasteiger charge is -2.61. The summed E-state index contributed by atoms with van der Waals surface area (Å²) in [6.07, 6.45) is -22.4. The highest BCUT2D eigenvalue weighted by Gasteiger charge is 2.69. The molecule has 0 aromatic carbocycles. The van der Waals surface area contributed by atoms with Crippen molar-refractivity contribution < 1.29 is 104 Å². The summed E-state index contributed by atoms with van der Waals surface area (Å²) in [7, 11) is 0. The monoisotopic (exact) mass is 1030 g/mol. The number of piperidine rings is 1. The number of hydrogen-bond donors (Lipinski definition) is 13. The van der Waals surface area contributed by atoms with Crippen LogP contribution in [0.1, 0.15) is 91.9 Å². The van der Waals surface area contributed by atoms with Crippen molar-refractivity contribution in [2.45, 2.75) is 227 Å². The molecule has 0 aromatic rings. The van der Waals surface area contributed by atoms with E-state index in [1.807, 2.05) is 0 Å². The molecule has 22 heteroatoms. The van der Waals surface area contributed by atoms with Gasteiger partial charge in [-0.1, -0.05) is 27.7 Å². The number of ether oxygens (including phenoxy) is 9. The summed E-state index contributed by atoms with van der Waals surface area (Å²) in [5.41, 5.74) is 0.147. The molecule has 4 saturated carbocycles. The Hall–Kier alpha value is -0.880. The molecule has 72 heavy (non-hydrogen) atoms. The van der Waals surface area contributed by atoms with Crippen molar-refractivity contribution in [2.24, 2.45) is 52.3 Å². The Kier molecular flexibility index (Phi) is 15.9. The Morgan fingerprint density at radius 1 is 0.542 bits per heavy atom. The molecule has 31 atom stereocenters. The second-order valence-electron chi connectivity index (χ2n) is 24.0. The average molecular weight is 1030 g/mol. The third-order valence-corrected chi connectivity index (χ3v) is 20.2. The summed E-state index contributed by atoms with van der Waals surface area (Å²) in [4.78, 5) is 0. The Balaban J connectivity index is 0.812. The van der Waals surface area contributed by atoms with Crippen LogP contribution in [-0.2, 0) is 42.6 Å². The van der Waals surface area contributed by atoms with Crippen LogP contribution in [0.2, 0.25) is 0 Å². The van der Waals surface area contributed by atoms with E-state index < -0.39 is 143 Å². The van der Waals surface area contributed by atoms with Crippen molar-refractivity contribution in [1.82, 2.24) is 5.32 Å². The first-order chi connectivity index (χ1) is 34.3. The second-order valence-corrected chi connectivity index (χ2v) is 24.0. The van der Waals surface area contributed by atoms with Crippen LogP contribution in [0.5, 0.6) is 0 Å². The molecule has 4 aliphatic carbocycles. The van der Waals surface area contributed by atoms with Gasteiger partial charge in [-0.2, -0.15) is 0 Å². The van der Waals surface area contributed by atoms with Crippen LogP contribution < -0.4 is 5.32 Å². The first-order valence-corrected chi connectivity index (χ1v) is 26.8. The minimum Gasteiger partial charge on any atom is -0.394 e. The Labute approximate surface area is 420 Å². The molecule has 10 fully saturated rings. The SMILES string of the molecule is C[C@H]1CCC2(NC1)O[C@H]1C[C@H]3[C@@H]4CC[C@H]5C[C@@H](O[C@H]6O[C@H](CO)[C@H](O[C@@H]7O[C@H](CO)[C@@H](O)[C@H](O[C@H]8OC[C@@H](O)[C@H](O)[C@H]8O)[C@H]7O[C@@H]7O[C@H](CO)[C@@H](O)[C@H](O)[C@H]7O)[C@H](O)[C@H]6O)CC[C@]5(C)[C@H]4CC[C@]3(C)C1[C@@H]2C. The average Bonchev–Trinajstić information content (AvgIpc) is 3.82. The predicted molar refractivity (Wildman–Crippen MR) is 244 cm³/mol. The van der Waals surface area contributed by atoms with Crippen molar-refractivity contribution in [3.05, 3.63) is 0 Å². The highest BCUT2D eigenvalue weighted by atomic mass is 16.8. The molecule has 1 spiro atoms. The van der Waals surface area contributed by atoms with Crippen LogP contribution in [0.4, 0.5) is 0 Å². The largest absolute Gasteiger partial charge is 0.394 e. The maximum Gasteiger partial charge on any atom is 0.187 e. The zero-order chi connectivity index (χ0) is 51.3. The van der Waals surface area contributed by atoms with Gasteiger partial charge in [0.25, 0.3) is 0 Å². The highest BCUT2D eigenvalue weighted by Crippen LogP contribution is 2.71. The van der Waals surface area contributed by atoms with Crippen LogP contribution >= 0.6 is 0 Å². The molecule has 10 aliphatic rings. The van der Waals surface area contributed by atoms with Crippen molar-refractivity contribution >= 4 is 0 Å². The van der Waals surface area contributed by atoms with E-state index in [9.17, 15) is 61.3 Å². The lowest BCUT2D eigenvalue weighted by molar-refractivity contribution is -0.404. The standard InChI is InChI=1S/C50H83NO21/c1-20-7-12-50(51-15-20)21(2)32-28(72-50)14-26-24-6-5-22-13-23(8-10-48(22,3)25(24)9-11-49(26,32)4)65-45-40(63)37(60)41(31(18-54)68-45)69-47-43(71-46-39(62)36(59)34(57)29(16-52)66-46)42(35(58)30(17-53)67-47)70-44-38(61)33(56)27(55)19-64-44/h20-47,51-63H,5-19H2,1-4H3/t20-,21-,22-,23-,24+,25-,26-,27+,28-,29+,30+,31+,32?,33-,34+,35+,36-,37+,38+,39+,40+,41-,42-,43+,44+,45-,46-,47-,48-,49-,50?/m0/s1. The molecule has 0 bridgehead atoms. The zero-order valence-corrected chi connectivity index (χ0v) is 41.8. The lowest BCUT2D eigenvalue weighted by Crippen LogP contribution is -2.68. The third kappa shape index (κ3) is 9.26. The first-order valence-electron chi connectivity index (χ1n) is 26.8. The molecule has 13 N–H and O–H groups in total. The minimum absolute atomic E-state index is 0.104. The highest BCUT2D eigenvalue weighted by molar-refractivity contribution is 5.16. The summed E-state index contributed by atoms with van der Waals surface area (Å²) in [5, 5.41) is 133. The first kappa shape index (κ1) is 54.5. The predicted octanol–water partition coefficient (Wildman–Crippen LogP) is -2.70. The van der Waals surface area contributed by atoms with Gasteiger partial charge in [0.15, 0.2) is 25.2 Å². The van der Waals surface area contributed by atoms with Crippen LogP contribution in [0.15, 0.2) is 0 Å². The molecule has 22 nitrogen and oxygen atoms in total. The van der Waals surface area contributed by atoms with Crippen LogP contribution in [-0.4, -0.2) is 229 Å². The van der Waals surface area contributed by atoms with Crippen molar-refractivity contribution in [3.63, 3.8) is 0 Å². The number of fused-ring (bicyclic) bond motifs is 7. The molecular formula is C50H83NO21. The summed E-state index contributed by atoms with van der Waals surface area (Å²) < 4.78 is 55.0. The number of hydrogen-bond acceptors (Lipinski definition) is 22. The molecule has 10 rings (SSSR count). The van der Waals surface area contributed by atoms with Crippen molar-refractivity contribution in [2.75, 3.05) is 33.0 Å². The molecule has 414 valence electrons. The summed E-state index contributed by atoms with van der Waals surface area (Å²) in [6.45, 7) is 7.84. The Morgan fingerprint density at radius 2 is 1.17 bits per heavy atom. The third-order valence-electron chi connectivity index (χ3n) is 20.2. The molecule has 0 aromatic heterocycles. The number of nitrogens with one attached hydrogen (secondary N) is 1. The van der Waals surface area contributed by atoms with Gasteiger partial charge in [0.05, 0.1) is 38.6 Å². The molecule has 6 heterocycles. The number of rotatable bonds is 11. The van der Waals surface area contributed by atoms with E-state index in [0.29, 0.717) is 47.8 Å². The minimum atomic E-state index is -1.99. The molecule has 0 radical (unpaired) electrons. The van der Waals surface area contributed by atoms with E-state index in [2.05, 4.69) is 33.0 Å². The molecule has 6 aliphatic heterocycles. The number of aliphatic hydroxyl groups is 12. The van der Waals surface area contributed by atoms with Crippen molar-refractivity contribution in [3.8, 4) is 0 Å². The van der Waals surface area contributed by atoms with E-state index >= 15 is 0 Å². The fraction of sp³-hybridized carbons (Fsp3) is 1.00. The summed E-state index contributed by atoms with van der Waals surface area (Å²) in [5.74, 6) is 3.87. The molecule has 0 amide bonds. The van der Waals surface area contributed by atoms with Gasteiger partial charge >= 0.3 is 0 Å². The van der Waals surface area contributed by atoms with Gasteiger partial charge in [-0.15, -0.1) is 0 Å². The van der Waals surface area contributed by atoms with E-state index in [-0.39, 0.29) is 28.8 Å². The zero-order valence-electron chi connectivity index (χ0n) is 41.8. The molecule has 2 unspecified atom stereocenters. The van der Waals surface area contributed by atoms with Crippen LogP contribution in [0.3, 0.4) is 0 Å². The Bertz CT molecular complexity index is 1830. The quantitative estimate of drug-likeness (QED) is 0.0937. The van der Waals surface area contributed by atoms with Gasteiger partial charge in [-0.3, -0.25) is 5.32 Å². The summed E-state index contributed by atoms with van der Waals surface area (Å²) in [6, 6.07) is 0. The summed E-state index contributed by atoms with van der Waals surface area (Å²) >= 11 is 0. The van der Waals surface area contributed by atoms with E-state index in [4.69, 9.17) is 42.6 Å². The molecule has 6 saturated heterocycles. The smallest absolute Gasteiger partial charge is 0.187 e.